The lowest BCUT2D eigenvalue weighted by atomic mass is 9.76. The van der Waals surface area contributed by atoms with Gasteiger partial charge in [-0.05, 0) is 43.9 Å². The molecule has 0 spiro atoms. The summed E-state index contributed by atoms with van der Waals surface area (Å²) >= 11 is 0. The molecular formula is C26H28N4O5. The van der Waals surface area contributed by atoms with Gasteiger partial charge in [0, 0.05) is 23.6 Å². The van der Waals surface area contributed by atoms with Gasteiger partial charge in [0.2, 0.25) is 17.6 Å². The molecule has 3 atom stereocenters. The third-order valence-corrected chi connectivity index (χ3v) is 6.85. The van der Waals surface area contributed by atoms with Gasteiger partial charge in [0.25, 0.3) is 0 Å². The maximum atomic E-state index is 13.2. The summed E-state index contributed by atoms with van der Waals surface area (Å²) in [4.78, 5) is 31.9. The van der Waals surface area contributed by atoms with Crippen molar-refractivity contribution in [3.8, 4) is 22.9 Å². The molecule has 2 aliphatic rings. The Balaban J connectivity index is 1.29. The standard InChI is InChI=1S/C26H28N4O5/c1-15-4-6-16(7-5-15)14-30-25(31)21-9-8-17(12-22(21)27-26(30)32)24-28-23(29-35-24)18-10-19(33-2)13-20(11-18)34-3/h4-7,10-11,13,17,21-22H,8-9,12,14H2,1-3H3,(H,27,32). The number of amides is 3. The lowest BCUT2D eigenvalue weighted by molar-refractivity contribution is -0.137. The molecule has 2 heterocycles. The van der Waals surface area contributed by atoms with Crippen LogP contribution in [0.5, 0.6) is 11.5 Å². The molecule has 3 amide bonds. The van der Waals surface area contributed by atoms with Crippen LogP contribution in [0, 0.1) is 12.8 Å². The van der Waals surface area contributed by atoms with Crippen LogP contribution in [0.15, 0.2) is 47.0 Å². The molecule has 0 bridgehead atoms. The number of hydrogen-bond donors (Lipinski definition) is 1. The fourth-order valence-electron chi connectivity index (χ4n) is 4.87. The summed E-state index contributed by atoms with van der Waals surface area (Å²) < 4.78 is 16.3. The topological polar surface area (TPSA) is 107 Å². The molecule has 2 aromatic carbocycles. The molecule has 9 nitrogen and oxygen atoms in total. The number of rotatable bonds is 6. The number of fused-ring (bicyclic) bond motifs is 1. The average Bonchev–Trinajstić information content (AvgIpc) is 3.37. The molecule has 1 saturated carbocycles. The smallest absolute Gasteiger partial charge is 0.324 e. The number of methoxy groups -OCH3 is 2. The van der Waals surface area contributed by atoms with Crippen molar-refractivity contribution in [2.75, 3.05) is 14.2 Å². The van der Waals surface area contributed by atoms with Gasteiger partial charge in [-0.1, -0.05) is 35.0 Å². The maximum Gasteiger partial charge on any atom is 0.324 e. The van der Waals surface area contributed by atoms with Crippen LogP contribution >= 0.6 is 0 Å². The van der Waals surface area contributed by atoms with E-state index in [1.165, 1.54) is 4.90 Å². The molecule has 182 valence electrons. The Hall–Kier alpha value is -3.88. The Kier molecular flexibility index (Phi) is 6.15. The summed E-state index contributed by atoms with van der Waals surface area (Å²) in [6.07, 6.45) is 1.94. The molecule has 1 aromatic heterocycles. The van der Waals surface area contributed by atoms with Gasteiger partial charge in [0.1, 0.15) is 11.5 Å². The van der Waals surface area contributed by atoms with Gasteiger partial charge in [0.05, 0.1) is 26.7 Å². The molecule has 1 aliphatic carbocycles. The molecule has 1 saturated heterocycles. The van der Waals surface area contributed by atoms with Gasteiger partial charge < -0.3 is 19.3 Å². The summed E-state index contributed by atoms with van der Waals surface area (Å²) in [7, 11) is 3.17. The minimum absolute atomic E-state index is 0.0400. The minimum atomic E-state index is -0.354. The Morgan fingerprint density at radius 3 is 2.46 bits per heavy atom. The highest BCUT2D eigenvalue weighted by atomic mass is 16.5. The summed E-state index contributed by atoms with van der Waals surface area (Å²) in [5.74, 6) is 1.79. The van der Waals surface area contributed by atoms with Crippen LogP contribution in [0.1, 0.15) is 42.2 Å². The maximum absolute atomic E-state index is 13.2. The van der Waals surface area contributed by atoms with Crippen molar-refractivity contribution >= 4 is 11.9 Å². The van der Waals surface area contributed by atoms with Gasteiger partial charge >= 0.3 is 6.03 Å². The first kappa shape index (κ1) is 22.9. The van der Waals surface area contributed by atoms with Crippen molar-refractivity contribution in [1.29, 1.82) is 0 Å². The van der Waals surface area contributed by atoms with E-state index in [0.717, 1.165) is 23.1 Å². The minimum Gasteiger partial charge on any atom is -0.497 e. The van der Waals surface area contributed by atoms with Crippen molar-refractivity contribution in [1.82, 2.24) is 20.4 Å². The van der Waals surface area contributed by atoms with E-state index in [0.29, 0.717) is 36.1 Å². The van der Waals surface area contributed by atoms with E-state index in [-0.39, 0.29) is 36.4 Å². The van der Waals surface area contributed by atoms with Gasteiger partial charge in [-0.15, -0.1) is 0 Å². The van der Waals surface area contributed by atoms with Gasteiger partial charge in [0.15, 0.2) is 0 Å². The largest absolute Gasteiger partial charge is 0.497 e. The average molecular weight is 477 g/mol. The number of aromatic nitrogens is 2. The summed E-state index contributed by atoms with van der Waals surface area (Å²) in [6, 6.07) is 12.7. The third-order valence-electron chi connectivity index (χ3n) is 6.85. The van der Waals surface area contributed by atoms with Crippen LogP contribution in [0.25, 0.3) is 11.4 Å². The van der Waals surface area contributed by atoms with E-state index in [4.69, 9.17) is 14.0 Å². The van der Waals surface area contributed by atoms with Gasteiger partial charge in [-0.2, -0.15) is 4.98 Å². The van der Waals surface area contributed by atoms with Crippen molar-refractivity contribution in [3.63, 3.8) is 0 Å². The lowest BCUT2D eigenvalue weighted by Gasteiger charge is -2.41. The Labute approximate surface area is 203 Å². The molecule has 3 aromatic rings. The van der Waals surface area contributed by atoms with E-state index in [9.17, 15) is 9.59 Å². The fourth-order valence-corrected chi connectivity index (χ4v) is 4.87. The van der Waals surface area contributed by atoms with E-state index in [1.807, 2.05) is 43.3 Å². The number of urea groups is 1. The zero-order valence-electron chi connectivity index (χ0n) is 20.0. The van der Waals surface area contributed by atoms with Crippen LogP contribution in [-0.2, 0) is 11.3 Å². The first-order valence-electron chi connectivity index (χ1n) is 11.7. The predicted molar refractivity (Wildman–Crippen MR) is 127 cm³/mol. The second kappa shape index (κ2) is 9.40. The number of nitrogens with one attached hydrogen (secondary N) is 1. The molecule has 1 aliphatic heterocycles. The van der Waals surface area contributed by atoms with E-state index >= 15 is 0 Å². The summed E-state index contributed by atoms with van der Waals surface area (Å²) in [6.45, 7) is 2.28. The SMILES string of the molecule is COc1cc(OC)cc(-c2noc(C3CCC4C(=O)N(Cc5ccc(C)cc5)C(=O)NC4C3)n2)c1. The Bertz CT molecular complexity index is 1220. The Morgan fingerprint density at radius 2 is 1.77 bits per heavy atom. The first-order valence-corrected chi connectivity index (χ1v) is 11.7. The van der Waals surface area contributed by atoms with Gasteiger partial charge in [-0.25, -0.2) is 4.79 Å². The zero-order valence-corrected chi connectivity index (χ0v) is 20.0. The predicted octanol–water partition coefficient (Wildman–Crippen LogP) is 4.07. The van der Waals surface area contributed by atoms with Crippen molar-refractivity contribution < 1.29 is 23.6 Å². The number of hydrogen-bond acceptors (Lipinski definition) is 7. The zero-order chi connectivity index (χ0) is 24.5. The molecule has 5 rings (SSSR count). The second-order valence-electron chi connectivity index (χ2n) is 9.14. The molecule has 3 unspecified atom stereocenters. The number of imide groups is 1. The monoisotopic (exact) mass is 476 g/mol. The molecule has 1 N–H and O–H groups in total. The van der Waals surface area contributed by atoms with E-state index < -0.39 is 0 Å². The van der Waals surface area contributed by atoms with Crippen LogP contribution in [0.2, 0.25) is 0 Å². The normalized spacial score (nSPS) is 21.9. The van der Waals surface area contributed by atoms with Crippen LogP contribution in [-0.4, -0.2) is 47.2 Å². The number of nitrogens with zero attached hydrogens (tertiary/aromatic N) is 3. The number of carbonyl (C=O) groups is 2. The van der Waals surface area contributed by atoms with Crippen LogP contribution in [0.4, 0.5) is 4.79 Å². The van der Waals surface area contributed by atoms with Gasteiger partial charge in [-0.3, -0.25) is 9.69 Å². The van der Waals surface area contributed by atoms with E-state index in [1.54, 1.807) is 20.3 Å². The van der Waals surface area contributed by atoms with Crippen molar-refractivity contribution in [2.24, 2.45) is 5.92 Å². The summed E-state index contributed by atoms with van der Waals surface area (Å²) in [5.41, 5.74) is 2.79. The number of benzene rings is 2. The number of ether oxygens (including phenoxy) is 2. The Morgan fingerprint density at radius 1 is 1.06 bits per heavy atom. The summed E-state index contributed by atoms with van der Waals surface area (Å²) in [5, 5.41) is 7.19. The third kappa shape index (κ3) is 4.58. The first-order chi connectivity index (χ1) is 16.9. The molecule has 0 radical (unpaired) electrons. The fraction of sp³-hybridized carbons (Fsp3) is 0.385. The molecule has 2 fully saturated rings. The lowest BCUT2D eigenvalue weighted by Crippen LogP contribution is -2.60. The molecule has 9 heteroatoms. The highest BCUT2D eigenvalue weighted by Gasteiger charge is 2.45. The van der Waals surface area contributed by atoms with Crippen molar-refractivity contribution in [2.45, 2.75) is 44.7 Å². The highest BCUT2D eigenvalue weighted by Crippen LogP contribution is 2.39. The van der Waals surface area contributed by atoms with Crippen LogP contribution in [0.3, 0.4) is 0 Å². The second-order valence-corrected chi connectivity index (χ2v) is 9.14. The van der Waals surface area contributed by atoms with Crippen LogP contribution < -0.4 is 14.8 Å². The highest BCUT2D eigenvalue weighted by molar-refractivity contribution is 5.98. The number of carbonyl (C=O) groups excluding carboxylic acids is 2. The van der Waals surface area contributed by atoms with Crippen molar-refractivity contribution in [3.05, 3.63) is 59.5 Å². The number of aryl methyl sites for hydroxylation is 1. The quantitative estimate of drug-likeness (QED) is 0.572. The molecular weight excluding hydrogens is 448 g/mol. The van der Waals surface area contributed by atoms with E-state index in [2.05, 4.69) is 15.5 Å². The molecule has 35 heavy (non-hydrogen) atoms.